The second-order valence-electron chi connectivity index (χ2n) is 4.04. The molecule has 0 aromatic carbocycles. The number of anilines is 1. The van der Waals surface area contributed by atoms with E-state index in [0.717, 1.165) is 26.0 Å². The molecule has 0 amide bonds. The van der Waals surface area contributed by atoms with E-state index in [1.165, 1.54) is 6.42 Å². The van der Waals surface area contributed by atoms with Crippen LogP contribution in [0.1, 0.15) is 19.3 Å². The molecule has 0 spiro atoms. The fourth-order valence-electron chi connectivity index (χ4n) is 1.83. The predicted molar refractivity (Wildman–Crippen MR) is 66.7 cm³/mol. The summed E-state index contributed by atoms with van der Waals surface area (Å²) in [5.41, 5.74) is 0. The highest BCUT2D eigenvalue weighted by atomic mass is 35.5. The first-order valence-electron chi connectivity index (χ1n) is 5.55. The number of nitrogens with zero attached hydrogens (tertiary/aromatic N) is 4. The number of rotatable bonds is 3. The Kier molecular flexibility index (Phi) is 4.36. The average Bonchev–Trinajstić information content (AvgIpc) is 2.29. The molecule has 94 valence electrons. The molecule has 1 atom stereocenters. The van der Waals surface area contributed by atoms with Crippen molar-refractivity contribution in [2.75, 3.05) is 25.1 Å². The van der Waals surface area contributed by atoms with Crippen molar-refractivity contribution in [3.63, 3.8) is 0 Å². The average molecular weight is 277 g/mol. The second-order valence-corrected chi connectivity index (χ2v) is 4.72. The van der Waals surface area contributed by atoms with Crippen LogP contribution in [-0.2, 0) is 4.74 Å². The highest BCUT2D eigenvalue weighted by Gasteiger charge is 2.18. The summed E-state index contributed by atoms with van der Waals surface area (Å²) in [6.07, 6.45) is 3.64. The Balaban J connectivity index is 2.00. The number of hydrogen-bond donors (Lipinski definition) is 0. The molecule has 1 saturated heterocycles. The van der Waals surface area contributed by atoms with Crippen LogP contribution < -0.4 is 4.90 Å². The van der Waals surface area contributed by atoms with Crippen molar-refractivity contribution < 1.29 is 4.74 Å². The van der Waals surface area contributed by atoms with Crippen LogP contribution in [0.3, 0.4) is 0 Å². The maximum absolute atomic E-state index is 5.73. The molecule has 1 fully saturated rings. The van der Waals surface area contributed by atoms with E-state index in [9.17, 15) is 0 Å². The summed E-state index contributed by atoms with van der Waals surface area (Å²) in [6, 6.07) is 0. The van der Waals surface area contributed by atoms with Gasteiger partial charge in [-0.2, -0.15) is 15.0 Å². The van der Waals surface area contributed by atoms with E-state index < -0.39 is 0 Å². The molecule has 0 saturated carbocycles. The fraction of sp³-hybridized carbons (Fsp3) is 0.700. The van der Waals surface area contributed by atoms with E-state index in [1.54, 1.807) is 0 Å². The number of hydrogen-bond acceptors (Lipinski definition) is 5. The molecule has 1 aromatic heterocycles. The van der Waals surface area contributed by atoms with Gasteiger partial charge in [0.05, 0.1) is 6.10 Å². The molecule has 0 bridgehead atoms. The zero-order chi connectivity index (χ0) is 12.3. The summed E-state index contributed by atoms with van der Waals surface area (Å²) < 4.78 is 5.65. The molecule has 2 heterocycles. The smallest absolute Gasteiger partial charge is 0.230 e. The van der Waals surface area contributed by atoms with Gasteiger partial charge in [0.1, 0.15) is 0 Å². The van der Waals surface area contributed by atoms with Crippen LogP contribution in [0.25, 0.3) is 0 Å². The Hall–Kier alpha value is -0.650. The zero-order valence-electron chi connectivity index (χ0n) is 9.57. The van der Waals surface area contributed by atoms with Gasteiger partial charge in [0.2, 0.25) is 16.5 Å². The Morgan fingerprint density at radius 1 is 1.24 bits per heavy atom. The molecule has 0 radical (unpaired) electrons. The topological polar surface area (TPSA) is 51.1 Å². The predicted octanol–water partition coefficient (Wildman–Crippen LogP) is 2.18. The van der Waals surface area contributed by atoms with Gasteiger partial charge in [-0.05, 0) is 42.5 Å². The molecule has 5 nitrogen and oxygen atoms in total. The molecule has 1 aliphatic rings. The maximum Gasteiger partial charge on any atom is 0.230 e. The van der Waals surface area contributed by atoms with Crippen molar-refractivity contribution in [3.8, 4) is 0 Å². The molecule has 17 heavy (non-hydrogen) atoms. The summed E-state index contributed by atoms with van der Waals surface area (Å²) in [5, 5.41) is 0.216. The van der Waals surface area contributed by atoms with E-state index in [0.29, 0.717) is 5.95 Å². The minimum atomic E-state index is 0.108. The first-order valence-corrected chi connectivity index (χ1v) is 6.30. The van der Waals surface area contributed by atoms with Crippen molar-refractivity contribution in [1.82, 2.24) is 15.0 Å². The Bertz CT molecular complexity index is 364. The summed E-state index contributed by atoms with van der Waals surface area (Å²) in [6.45, 7) is 1.56. The maximum atomic E-state index is 5.73. The third kappa shape index (κ3) is 3.66. The van der Waals surface area contributed by atoms with Crippen molar-refractivity contribution in [2.45, 2.75) is 25.4 Å². The molecule has 7 heteroatoms. The van der Waals surface area contributed by atoms with Gasteiger partial charge in [-0.1, -0.05) is 0 Å². The molecular weight excluding hydrogens is 263 g/mol. The largest absolute Gasteiger partial charge is 0.376 e. The van der Waals surface area contributed by atoms with Gasteiger partial charge in [0, 0.05) is 20.2 Å². The van der Waals surface area contributed by atoms with Gasteiger partial charge in [0.15, 0.2) is 0 Å². The van der Waals surface area contributed by atoms with Gasteiger partial charge in [-0.3, -0.25) is 0 Å². The molecule has 1 aliphatic heterocycles. The summed E-state index contributed by atoms with van der Waals surface area (Å²) in [5.74, 6) is 0.476. The standard InChI is InChI=1S/C10H14Cl2N4O/c1-16(6-7-4-2-3-5-17-7)10-14-8(11)13-9(12)15-10/h7H,2-6H2,1H3. The van der Waals surface area contributed by atoms with Crippen LogP contribution in [-0.4, -0.2) is 41.3 Å². The third-order valence-electron chi connectivity index (χ3n) is 2.66. The first kappa shape index (κ1) is 12.8. The molecular formula is C10H14Cl2N4O. The summed E-state index contributed by atoms with van der Waals surface area (Å²) in [7, 11) is 1.89. The van der Waals surface area contributed by atoms with Crippen LogP contribution in [0, 0.1) is 0 Å². The molecule has 1 aromatic rings. The zero-order valence-corrected chi connectivity index (χ0v) is 11.1. The van der Waals surface area contributed by atoms with E-state index >= 15 is 0 Å². The third-order valence-corrected chi connectivity index (χ3v) is 3.00. The fourth-order valence-corrected chi connectivity index (χ4v) is 2.18. The Morgan fingerprint density at radius 2 is 1.94 bits per heavy atom. The van der Waals surface area contributed by atoms with E-state index in [-0.39, 0.29) is 16.7 Å². The lowest BCUT2D eigenvalue weighted by atomic mass is 10.1. The molecule has 0 aliphatic carbocycles. The van der Waals surface area contributed by atoms with Crippen LogP contribution >= 0.6 is 23.2 Å². The Morgan fingerprint density at radius 3 is 2.53 bits per heavy atom. The molecule has 2 rings (SSSR count). The number of ether oxygens (including phenoxy) is 1. The van der Waals surface area contributed by atoms with Crippen molar-refractivity contribution >= 4 is 29.2 Å². The Labute approximate surface area is 110 Å². The van der Waals surface area contributed by atoms with Crippen LogP contribution in [0.2, 0.25) is 10.6 Å². The number of aromatic nitrogens is 3. The van der Waals surface area contributed by atoms with Gasteiger partial charge in [-0.15, -0.1) is 0 Å². The monoisotopic (exact) mass is 276 g/mol. The second kappa shape index (κ2) is 5.80. The first-order chi connectivity index (χ1) is 8.15. The number of likely N-dealkylation sites (N-methyl/N-ethyl adjacent to an activating group) is 1. The minimum Gasteiger partial charge on any atom is -0.376 e. The highest BCUT2D eigenvalue weighted by molar-refractivity contribution is 6.31. The molecule has 1 unspecified atom stereocenters. The van der Waals surface area contributed by atoms with Crippen LogP contribution in [0.5, 0.6) is 0 Å². The van der Waals surface area contributed by atoms with Gasteiger partial charge < -0.3 is 9.64 Å². The van der Waals surface area contributed by atoms with Gasteiger partial charge >= 0.3 is 0 Å². The van der Waals surface area contributed by atoms with Crippen LogP contribution in [0.4, 0.5) is 5.95 Å². The highest BCUT2D eigenvalue weighted by Crippen LogP contribution is 2.17. The van der Waals surface area contributed by atoms with Gasteiger partial charge in [0.25, 0.3) is 0 Å². The normalized spacial score (nSPS) is 20.3. The van der Waals surface area contributed by atoms with E-state index in [4.69, 9.17) is 27.9 Å². The SMILES string of the molecule is CN(CC1CCCCO1)c1nc(Cl)nc(Cl)n1. The summed E-state index contributed by atoms with van der Waals surface area (Å²) in [4.78, 5) is 13.7. The number of halogens is 2. The molecule has 0 N–H and O–H groups in total. The summed E-state index contributed by atoms with van der Waals surface area (Å²) >= 11 is 11.5. The van der Waals surface area contributed by atoms with Crippen molar-refractivity contribution in [3.05, 3.63) is 10.6 Å². The van der Waals surface area contributed by atoms with Crippen LogP contribution in [0.15, 0.2) is 0 Å². The van der Waals surface area contributed by atoms with Crippen molar-refractivity contribution in [2.24, 2.45) is 0 Å². The van der Waals surface area contributed by atoms with Crippen molar-refractivity contribution in [1.29, 1.82) is 0 Å². The van der Waals surface area contributed by atoms with E-state index in [1.807, 2.05) is 11.9 Å². The van der Waals surface area contributed by atoms with Gasteiger partial charge in [-0.25, -0.2) is 0 Å². The lowest BCUT2D eigenvalue weighted by molar-refractivity contribution is 0.0214. The quantitative estimate of drug-likeness (QED) is 0.847. The van der Waals surface area contributed by atoms with E-state index in [2.05, 4.69) is 15.0 Å². The lowest BCUT2D eigenvalue weighted by Gasteiger charge is -2.27. The minimum absolute atomic E-state index is 0.108. The lowest BCUT2D eigenvalue weighted by Crippen LogP contribution is -2.34.